The molecule has 1 aliphatic heterocycles. The van der Waals surface area contributed by atoms with E-state index in [9.17, 15) is 4.79 Å². The van der Waals surface area contributed by atoms with Crippen LogP contribution in [0.5, 0.6) is 0 Å². The van der Waals surface area contributed by atoms with Crippen LogP contribution in [0.3, 0.4) is 0 Å². The van der Waals surface area contributed by atoms with Gasteiger partial charge in [-0.1, -0.05) is 26.7 Å². The van der Waals surface area contributed by atoms with Gasteiger partial charge in [-0.2, -0.15) is 0 Å². The van der Waals surface area contributed by atoms with Gasteiger partial charge in [0.15, 0.2) is 0 Å². The molecule has 5 rings (SSSR count). The maximum atomic E-state index is 11.7. The van der Waals surface area contributed by atoms with E-state index in [1.807, 2.05) is 0 Å². The van der Waals surface area contributed by atoms with Gasteiger partial charge in [-0.15, -0.1) is 0 Å². The summed E-state index contributed by atoms with van der Waals surface area (Å²) in [7, 11) is 0. The fourth-order valence-electron chi connectivity index (χ4n) is 8.90. The first-order chi connectivity index (χ1) is 12.0. The van der Waals surface area contributed by atoms with Crippen molar-refractivity contribution in [3.8, 4) is 0 Å². The maximum absolute atomic E-state index is 11.7. The van der Waals surface area contributed by atoms with Crippen LogP contribution in [-0.4, -0.2) is 12.6 Å². The molecule has 4 saturated carbocycles. The molecule has 1 unspecified atom stereocenters. The molecule has 1 saturated heterocycles. The van der Waals surface area contributed by atoms with Gasteiger partial charge in [-0.25, -0.2) is 0 Å². The summed E-state index contributed by atoms with van der Waals surface area (Å²) in [5.41, 5.74) is 1.13. The summed E-state index contributed by atoms with van der Waals surface area (Å²) in [6, 6.07) is 0. The van der Waals surface area contributed by atoms with Crippen LogP contribution >= 0.6 is 0 Å². The normalized spacial score (nSPS) is 55.2. The van der Waals surface area contributed by atoms with Crippen LogP contribution in [0.2, 0.25) is 0 Å². The smallest absolute Gasteiger partial charge is 0.306 e. The number of fused-ring (bicyclic) bond motifs is 5. The van der Waals surface area contributed by atoms with Crippen LogP contribution in [0.1, 0.15) is 84.5 Å². The summed E-state index contributed by atoms with van der Waals surface area (Å²) in [4.78, 5) is 11.7. The molecule has 0 bridgehead atoms. The van der Waals surface area contributed by atoms with Crippen molar-refractivity contribution >= 4 is 5.97 Å². The largest absolute Gasteiger partial charge is 0.465 e. The van der Waals surface area contributed by atoms with Gasteiger partial charge >= 0.3 is 5.97 Å². The highest BCUT2D eigenvalue weighted by atomic mass is 16.5. The molecule has 8 atom stereocenters. The van der Waals surface area contributed by atoms with Gasteiger partial charge in [0, 0.05) is 5.92 Å². The predicted octanol–water partition coefficient (Wildman–Crippen LogP) is 5.60. The van der Waals surface area contributed by atoms with Gasteiger partial charge in [-0.3, -0.25) is 4.79 Å². The van der Waals surface area contributed by atoms with Crippen molar-refractivity contribution in [2.24, 2.45) is 46.3 Å². The molecule has 0 spiro atoms. The van der Waals surface area contributed by atoms with E-state index < -0.39 is 0 Å². The van der Waals surface area contributed by atoms with Gasteiger partial charge in [0.05, 0.1) is 13.0 Å². The molecular weight excluding hydrogens is 308 g/mol. The average molecular weight is 345 g/mol. The van der Waals surface area contributed by atoms with E-state index in [1.54, 1.807) is 0 Å². The molecular formula is C23H36O2. The van der Waals surface area contributed by atoms with Gasteiger partial charge in [0.1, 0.15) is 0 Å². The summed E-state index contributed by atoms with van der Waals surface area (Å²) in [5, 5.41) is 0. The van der Waals surface area contributed by atoms with Crippen molar-refractivity contribution in [2.75, 3.05) is 6.61 Å². The van der Waals surface area contributed by atoms with Gasteiger partial charge in [-0.05, 0) is 91.8 Å². The third-order valence-electron chi connectivity index (χ3n) is 10.1. The molecule has 0 aromatic heterocycles. The summed E-state index contributed by atoms with van der Waals surface area (Å²) in [6.07, 6.45) is 15.3. The Morgan fingerprint density at radius 3 is 2.44 bits per heavy atom. The van der Waals surface area contributed by atoms with E-state index >= 15 is 0 Å². The molecule has 140 valence electrons. The van der Waals surface area contributed by atoms with E-state index in [4.69, 9.17) is 4.74 Å². The second kappa shape index (κ2) is 5.73. The van der Waals surface area contributed by atoms with Crippen LogP contribution in [0, 0.1) is 46.3 Å². The summed E-state index contributed by atoms with van der Waals surface area (Å²) in [5.74, 6) is 5.21. The topological polar surface area (TPSA) is 26.3 Å². The number of carbonyl (C=O) groups excluding carboxylic acids is 1. The van der Waals surface area contributed by atoms with Crippen molar-refractivity contribution in [2.45, 2.75) is 84.5 Å². The van der Waals surface area contributed by atoms with E-state index in [1.165, 1.54) is 64.2 Å². The average Bonchev–Trinajstić information content (AvgIpc) is 3.16. The zero-order valence-electron chi connectivity index (χ0n) is 16.3. The van der Waals surface area contributed by atoms with E-state index in [0.717, 1.165) is 29.6 Å². The molecule has 0 radical (unpaired) electrons. The van der Waals surface area contributed by atoms with Crippen molar-refractivity contribution < 1.29 is 9.53 Å². The molecule has 1 heterocycles. The lowest BCUT2D eigenvalue weighted by atomic mass is 9.44. The Kier molecular flexibility index (Phi) is 3.81. The molecule has 2 heteroatoms. The number of hydrogen-bond donors (Lipinski definition) is 0. The molecule has 0 amide bonds. The van der Waals surface area contributed by atoms with Crippen LogP contribution < -0.4 is 0 Å². The Bertz CT molecular complexity index is 556. The lowest BCUT2D eigenvalue weighted by molar-refractivity contribution is -0.137. The Hall–Kier alpha value is -0.530. The Labute approximate surface area is 153 Å². The van der Waals surface area contributed by atoms with Crippen LogP contribution in [0.15, 0.2) is 0 Å². The molecule has 0 N–H and O–H groups in total. The summed E-state index contributed by atoms with van der Waals surface area (Å²) < 4.78 is 5.36. The second-order valence-electron chi connectivity index (χ2n) is 10.8. The van der Waals surface area contributed by atoms with E-state index in [2.05, 4.69) is 13.8 Å². The first kappa shape index (κ1) is 16.6. The zero-order valence-corrected chi connectivity index (χ0v) is 16.3. The standard InChI is InChI=1S/C23H36O2/c1-22-11-4-3-5-16(22)6-7-17-19-9-8-18(15-13-21(24)25-14-15)23(19,2)12-10-20(17)22/h15-20H,3-14H2,1-2H3/t15-,16?,17-,18+,19-,20-,22-,23+/m0/s1. The fraction of sp³-hybridized carbons (Fsp3) is 0.957. The highest BCUT2D eigenvalue weighted by molar-refractivity contribution is 5.71. The monoisotopic (exact) mass is 344 g/mol. The predicted molar refractivity (Wildman–Crippen MR) is 98.9 cm³/mol. The van der Waals surface area contributed by atoms with Gasteiger partial charge in [0.25, 0.3) is 0 Å². The van der Waals surface area contributed by atoms with Crippen molar-refractivity contribution in [3.05, 3.63) is 0 Å². The number of ether oxygens (including phenoxy) is 1. The number of carbonyl (C=O) groups is 1. The van der Waals surface area contributed by atoms with E-state index in [-0.39, 0.29) is 5.97 Å². The molecule has 5 fully saturated rings. The summed E-state index contributed by atoms with van der Waals surface area (Å²) in [6.45, 7) is 5.98. The van der Waals surface area contributed by atoms with Gasteiger partial charge < -0.3 is 4.74 Å². The molecule has 4 aliphatic carbocycles. The number of hydrogen-bond acceptors (Lipinski definition) is 2. The maximum Gasteiger partial charge on any atom is 0.306 e. The van der Waals surface area contributed by atoms with E-state index in [0.29, 0.717) is 29.8 Å². The number of cyclic esters (lactones) is 1. The van der Waals surface area contributed by atoms with Crippen LogP contribution in [0.25, 0.3) is 0 Å². The molecule has 0 aromatic carbocycles. The minimum atomic E-state index is 0.0564. The van der Waals surface area contributed by atoms with Crippen molar-refractivity contribution in [3.63, 3.8) is 0 Å². The first-order valence-electron chi connectivity index (χ1n) is 11.2. The molecule has 25 heavy (non-hydrogen) atoms. The minimum Gasteiger partial charge on any atom is -0.465 e. The molecule has 0 aromatic rings. The lowest BCUT2D eigenvalue weighted by Crippen LogP contribution is -2.53. The molecule has 2 nitrogen and oxygen atoms in total. The van der Waals surface area contributed by atoms with Crippen molar-refractivity contribution in [1.29, 1.82) is 0 Å². The summed E-state index contributed by atoms with van der Waals surface area (Å²) >= 11 is 0. The Morgan fingerprint density at radius 2 is 1.64 bits per heavy atom. The SMILES string of the molecule is C[C@]12CC[C@H]3[C@@H](CCC4CCCC[C@@]43C)[C@@H]1CC[C@@H]2[C@@H]1COC(=O)C1. The lowest BCUT2D eigenvalue weighted by Gasteiger charge is -2.60. The van der Waals surface area contributed by atoms with Crippen LogP contribution in [-0.2, 0) is 9.53 Å². The van der Waals surface area contributed by atoms with Gasteiger partial charge in [0.2, 0.25) is 0 Å². The van der Waals surface area contributed by atoms with Crippen molar-refractivity contribution in [1.82, 2.24) is 0 Å². The third kappa shape index (κ3) is 2.31. The number of rotatable bonds is 1. The third-order valence-corrected chi connectivity index (χ3v) is 10.1. The minimum absolute atomic E-state index is 0.0564. The Morgan fingerprint density at radius 1 is 0.840 bits per heavy atom. The molecule has 5 aliphatic rings. The quantitative estimate of drug-likeness (QED) is 0.579. The highest BCUT2D eigenvalue weighted by Gasteiger charge is 2.60. The first-order valence-corrected chi connectivity index (χ1v) is 11.2. The fourth-order valence-corrected chi connectivity index (χ4v) is 8.90. The van der Waals surface area contributed by atoms with Crippen LogP contribution in [0.4, 0.5) is 0 Å². The Balaban J connectivity index is 1.40. The zero-order chi connectivity index (χ0) is 17.2. The second-order valence-corrected chi connectivity index (χ2v) is 10.8. The highest BCUT2D eigenvalue weighted by Crippen LogP contribution is 2.68. The number of esters is 1.